The molecule has 3 amide bonds. The Bertz CT molecular complexity index is 996. The first-order valence-electron chi connectivity index (χ1n) is 14.6. The van der Waals surface area contributed by atoms with Gasteiger partial charge in [-0.05, 0) is 76.0 Å². The quantitative estimate of drug-likeness (QED) is 0.171. The molecule has 1 heterocycles. The molecule has 10 heteroatoms. The Kier molecular flexibility index (Phi) is 10.1. The Labute approximate surface area is 238 Å². The number of nitrogens with one attached hydrogen (secondary N) is 2. The summed E-state index contributed by atoms with van der Waals surface area (Å²) in [5, 5.41) is 5.61. The number of piperidine rings is 1. The predicted octanol–water partition coefficient (Wildman–Crippen LogP) is 3.53. The molecule has 2 N–H and O–H groups in total. The Morgan fingerprint density at radius 3 is 2.30 bits per heavy atom. The highest BCUT2D eigenvalue weighted by Crippen LogP contribution is 2.65. The molecular formula is C30H47N3O7. The minimum atomic E-state index is -1.06. The number of Topliss-reactive ketones (excluding diaryl/α,β-unsaturated/α-hetero) is 1. The van der Waals surface area contributed by atoms with Crippen molar-refractivity contribution in [1.29, 1.82) is 0 Å². The first kappa shape index (κ1) is 31.6. The second-order valence-corrected chi connectivity index (χ2v) is 13.0. The third kappa shape index (κ3) is 7.23. The van der Waals surface area contributed by atoms with Crippen LogP contribution in [0.25, 0.3) is 0 Å². The summed E-state index contributed by atoms with van der Waals surface area (Å²) in [4.78, 5) is 67.1. The van der Waals surface area contributed by atoms with E-state index in [1.54, 1.807) is 31.7 Å². The van der Waals surface area contributed by atoms with Gasteiger partial charge in [0.1, 0.15) is 17.7 Å². The molecule has 40 heavy (non-hydrogen) atoms. The van der Waals surface area contributed by atoms with Crippen molar-refractivity contribution in [2.24, 2.45) is 23.2 Å². The molecule has 3 aliphatic rings. The molecule has 0 spiro atoms. The molecule has 0 aromatic rings. The van der Waals surface area contributed by atoms with Crippen molar-refractivity contribution in [2.75, 3.05) is 13.7 Å². The van der Waals surface area contributed by atoms with E-state index in [-0.39, 0.29) is 35.5 Å². The number of likely N-dealkylation sites (tertiary alicyclic amines) is 1. The Morgan fingerprint density at radius 2 is 1.73 bits per heavy atom. The van der Waals surface area contributed by atoms with Crippen molar-refractivity contribution in [3.63, 3.8) is 0 Å². The van der Waals surface area contributed by atoms with Gasteiger partial charge in [0.05, 0.1) is 13.2 Å². The normalized spacial score (nSPS) is 25.1. The van der Waals surface area contributed by atoms with Crippen LogP contribution >= 0.6 is 0 Å². The Morgan fingerprint density at radius 1 is 1.07 bits per heavy atom. The third-order valence-electron chi connectivity index (χ3n) is 8.74. The number of allylic oxidation sites excluding steroid dienone is 1. The summed E-state index contributed by atoms with van der Waals surface area (Å²) >= 11 is 0. The molecule has 3 fully saturated rings. The number of carbonyl (C=O) groups excluding carboxylic acids is 5. The molecule has 0 aromatic heterocycles. The number of fused-ring (bicyclic) bond motifs is 1. The largest absolute Gasteiger partial charge is 0.463 e. The second kappa shape index (κ2) is 12.7. The average molecular weight is 562 g/mol. The number of methoxy groups -OCH3 is 1. The van der Waals surface area contributed by atoms with Gasteiger partial charge >= 0.3 is 12.1 Å². The Balaban J connectivity index is 1.85. The lowest BCUT2D eigenvalue weighted by molar-refractivity contribution is -0.153. The zero-order chi connectivity index (χ0) is 29.8. The lowest BCUT2D eigenvalue weighted by atomic mass is 9.83. The van der Waals surface area contributed by atoms with Crippen LogP contribution in [0.2, 0.25) is 0 Å². The lowest BCUT2D eigenvalue weighted by Gasteiger charge is -2.37. The van der Waals surface area contributed by atoms with Gasteiger partial charge in [-0.1, -0.05) is 39.2 Å². The summed E-state index contributed by atoms with van der Waals surface area (Å²) in [6.07, 6.45) is 7.07. The molecule has 5 atom stereocenters. The van der Waals surface area contributed by atoms with E-state index in [1.807, 2.05) is 0 Å². The molecule has 3 rings (SSSR count). The van der Waals surface area contributed by atoms with Gasteiger partial charge in [0, 0.05) is 6.54 Å². The van der Waals surface area contributed by atoms with Gasteiger partial charge in [0.2, 0.25) is 11.8 Å². The molecule has 0 aromatic carbocycles. The number of hydrogen-bond acceptors (Lipinski definition) is 7. The molecule has 0 bridgehead atoms. The minimum absolute atomic E-state index is 0.0602. The highest BCUT2D eigenvalue weighted by Gasteiger charge is 2.69. The number of ketones is 1. The molecule has 1 saturated heterocycles. The van der Waals surface area contributed by atoms with E-state index in [9.17, 15) is 24.0 Å². The van der Waals surface area contributed by atoms with Crippen LogP contribution in [0.15, 0.2) is 12.7 Å². The average Bonchev–Trinajstić information content (AvgIpc) is 3.22. The van der Waals surface area contributed by atoms with E-state index < -0.39 is 47.5 Å². The molecule has 224 valence electrons. The highest BCUT2D eigenvalue weighted by atomic mass is 16.6. The Hall–Kier alpha value is -2.91. The molecule has 3 unspecified atom stereocenters. The third-order valence-corrected chi connectivity index (χ3v) is 8.74. The number of alkyl carbamates (subject to hydrolysis) is 1. The fourth-order valence-corrected chi connectivity index (χ4v) is 6.51. The maximum atomic E-state index is 14.1. The number of rotatable bonds is 11. The number of amides is 3. The lowest BCUT2D eigenvalue weighted by Crippen LogP contribution is -2.59. The van der Waals surface area contributed by atoms with Crippen LogP contribution in [0.4, 0.5) is 4.79 Å². The van der Waals surface area contributed by atoms with E-state index >= 15 is 0 Å². The molecule has 2 aliphatic carbocycles. The number of nitrogens with zero attached hydrogens (tertiary/aromatic N) is 1. The summed E-state index contributed by atoms with van der Waals surface area (Å²) in [5.41, 5.74) is -0.874. The van der Waals surface area contributed by atoms with Crippen LogP contribution in [-0.2, 0) is 28.7 Å². The number of ether oxygens (including phenoxy) is 2. The first-order chi connectivity index (χ1) is 18.7. The predicted molar refractivity (Wildman–Crippen MR) is 149 cm³/mol. The summed E-state index contributed by atoms with van der Waals surface area (Å²) in [6.45, 7) is 13.5. The molecule has 10 nitrogen and oxygen atoms in total. The maximum absolute atomic E-state index is 14.1. The van der Waals surface area contributed by atoms with Crippen LogP contribution in [0, 0.1) is 23.2 Å². The molecular weight excluding hydrogens is 514 g/mol. The molecule has 1 aliphatic heterocycles. The summed E-state index contributed by atoms with van der Waals surface area (Å²) in [6, 6.07) is -2.69. The first-order valence-corrected chi connectivity index (χ1v) is 14.6. The molecule has 2 saturated carbocycles. The summed E-state index contributed by atoms with van der Waals surface area (Å²) in [7, 11) is 1.13. The van der Waals surface area contributed by atoms with Gasteiger partial charge < -0.3 is 25.0 Å². The molecule has 0 radical (unpaired) electrons. The topological polar surface area (TPSA) is 131 Å². The van der Waals surface area contributed by atoms with Crippen LogP contribution in [0.3, 0.4) is 0 Å². The second-order valence-electron chi connectivity index (χ2n) is 13.0. The van der Waals surface area contributed by atoms with Gasteiger partial charge in [-0.25, -0.2) is 9.59 Å². The number of unbranched alkanes of at least 4 members (excludes halogenated alkanes) is 1. The summed E-state index contributed by atoms with van der Waals surface area (Å²) < 4.78 is 10.1. The van der Waals surface area contributed by atoms with Crippen molar-refractivity contribution in [3.05, 3.63) is 12.7 Å². The number of carbonyl (C=O) groups is 5. The fourth-order valence-electron chi connectivity index (χ4n) is 6.51. The van der Waals surface area contributed by atoms with Crippen LogP contribution in [0.5, 0.6) is 0 Å². The van der Waals surface area contributed by atoms with E-state index in [1.165, 1.54) is 0 Å². The SMILES string of the molecule is C=CCCCC(NC(=O)[C@@H]1C2C(CN1C(=O)[C@@H](NC(=O)OC(C)(C)C)C1CCCCC1)C2(C)C)C(=O)C(=O)OC. The van der Waals surface area contributed by atoms with Crippen molar-refractivity contribution in [2.45, 2.75) is 110 Å². The van der Waals surface area contributed by atoms with E-state index in [4.69, 9.17) is 4.74 Å². The zero-order valence-corrected chi connectivity index (χ0v) is 24.9. The van der Waals surface area contributed by atoms with Crippen LogP contribution in [-0.4, -0.2) is 71.9 Å². The van der Waals surface area contributed by atoms with E-state index in [0.717, 1.165) is 39.2 Å². The zero-order valence-electron chi connectivity index (χ0n) is 24.9. The maximum Gasteiger partial charge on any atom is 0.408 e. The smallest absolute Gasteiger partial charge is 0.408 e. The van der Waals surface area contributed by atoms with Gasteiger partial charge in [-0.3, -0.25) is 14.4 Å². The van der Waals surface area contributed by atoms with Gasteiger partial charge in [0.25, 0.3) is 5.78 Å². The summed E-state index contributed by atoms with van der Waals surface area (Å²) in [5.74, 6) is -2.64. The van der Waals surface area contributed by atoms with Gasteiger partial charge in [-0.2, -0.15) is 0 Å². The van der Waals surface area contributed by atoms with Crippen molar-refractivity contribution < 1.29 is 33.4 Å². The minimum Gasteiger partial charge on any atom is -0.463 e. The standard InChI is InChI=1S/C30H47N3O7/c1-8-9-11-16-20(24(34)27(37)39-7)31-25(35)23-21-19(30(21,5)6)17-33(23)26(36)22(18-14-12-10-13-15-18)32-28(38)40-29(2,3)4/h8,18-23H,1,9-17H2,2-7H3,(H,31,35)(H,32,38)/t19?,20?,21?,22-,23-/m0/s1. The van der Waals surface area contributed by atoms with Crippen molar-refractivity contribution >= 4 is 29.7 Å². The van der Waals surface area contributed by atoms with Crippen molar-refractivity contribution in [3.8, 4) is 0 Å². The van der Waals surface area contributed by atoms with Gasteiger partial charge in [-0.15, -0.1) is 6.58 Å². The fraction of sp³-hybridized carbons (Fsp3) is 0.767. The monoisotopic (exact) mass is 561 g/mol. The number of hydrogen-bond donors (Lipinski definition) is 2. The van der Waals surface area contributed by atoms with Crippen molar-refractivity contribution in [1.82, 2.24) is 15.5 Å². The van der Waals surface area contributed by atoms with Crippen LogP contribution < -0.4 is 10.6 Å². The number of esters is 1. The van der Waals surface area contributed by atoms with E-state index in [0.29, 0.717) is 19.4 Å². The van der Waals surface area contributed by atoms with Gasteiger partial charge in [0.15, 0.2) is 0 Å². The highest BCUT2D eigenvalue weighted by molar-refractivity contribution is 6.36. The van der Waals surface area contributed by atoms with Crippen LogP contribution in [0.1, 0.15) is 86.0 Å². The van der Waals surface area contributed by atoms with E-state index in [2.05, 4.69) is 35.8 Å².